The lowest BCUT2D eigenvalue weighted by molar-refractivity contribution is 0.0239. The first-order chi connectivity index (χ1) is 11.5. The first-order valence-corrected chi connectivity index (χ1v) is 9.37. The lowest BCUT2D eigenvalue weighted by Gasteiger charge is -2.38. The van der Waals surface area contributed by atoms with Gasteiger partial charge in [0.2, 0.25) is 0 Å². The summed E-state index contributed by atoms with van der Waals surface area (Å²) in [6.45, 7) is 4.27. The standard InChI is InChI=1S/C19H24N2O2S/c1-12(2)18-10-15(11-24-18)19(23)21-17(14-8-16(22)9-14)7-13-3-5-20-6-4-13/h3-6,10-12,14,16-17,22H,7-9H2,1-2H3,(H,21,23)/t14?,16?,17-/m0/s1. The summed E-state index contributed by atoms with van der Waals surface area (Å²) in [5.41, 5.74) is 1.90. The van der Waals surface area contributed by atoms with Crippen LogP contribution >= 0.6 is 11.3 Å². The van der Waals surface area contributed by atoms with Gasteiger partial charge in [-0.15, -0.1) is 11.3 Å². The summed E-state index contributed by atoms with van der Waals surface area (Å²) in [6, 6.07) is 6.00. The van der Waals surface area contributed by atoms with Crippen LogP contribution in [0.25, 0.3) is 0 Å². The summed E-state index contributed by atoms with van der Waals surface area (Å²) in [5.74, 6) is 0.755. The minimum absolute atomic E-state index is 0.0152. The molecule has 1 aliphatic rings. The van der Waals surface area contributed by atoms with Gasteiger partial charge >= 0.3 is 0 Å². The minimum Gasteiger partial charge on any atom is -0.393 e. The van der Waals surface area contributed by atoms with Crippen LogP contribution in [0.15, 0.2) is 36.0 Å². The van der Waals surface area contributed by atoms with Gasteiger partial charge in [0.15, 0.2) is 0 Å². The van der Waals surface area contributed by atoms with Gasteiger partial charge in [-0.3, -0.25) is 9.78 Å². The van der Waals surface area contributed by atoms with Crippen molar-refractivity contribution >= 4 is 17.2 Å². The number of pyridine rings is 1. The fourth-order valence-electron chi connectivity index (χ4n) is 3.09. The number of aliphatic hydroxyl groups excluding tert-OH is 1. The molecule has 2 aromatic heterocycles. The Labute approximate surface area is 146 Å². The van der Waals surface area contributed by atoms with Crippen molar-refractivity contribution in [3.63, 3.8) is 0 Å². The Morgan fingerprint density at radius 2 is 2.08 bits per heavy atom. The van der Waals surface area contributed by atoms with Gasteiger partial charge in [0, 0.05) is 28.7 Å². The van der Waals surface area contributed by atoms with Crippen molar-refractivity contribution < 1.29 is 9.90 Å². The van der Waals surface area contributed by atoms with Gasteiger partial charge < -0.3 is 10.4 Å². The molecule has 5 heteroatoms. The molecule has 0 aliphatic heterocycles. The first-order valence-electron chi connectivity index (χ1n) is 8.49. The van der Waals surface area contributed by atoms with Crippen LogP contribution in [0.2, 0.25) is 0 Å². The normalized spacial score (nSPS) is 21.3. The van der Waals surface area contributed by atoms with E-state index in [4.69, 9.17) is 0 Å². The number of thiophene rings is 1. The van der Waals surface area contributed by atoms with E-state index in [9.17, 15) is 9.90 Å². The maximum Gasteiger partial charge on any atom is 0.252 e. The number of hydrogen-bond donors (Lipinski definition) is 2. The third-order valence-corrected chi connectivity index (χ3v) is 5.92. The Morgan fingerprint density at radius 1 is 1.38 bits per heavy atom. The van der Waals surface area contributed by atoms with E-state index in [1.807, 2.05) is 23.6 Å². The zero-order chi connectivity index (χ0) is 17.1. The topological polar surface area (TPSA) is 62.2 Å². The third-order valence-electron chi connectivity index (χ3n) is 4.69. The Bertz CT molecular complexity index is 678. The highest BCUT2D eigenvalue weighted by molar-refractivity contribution is 7.10. The molecule has 1 amide bonds. The first kappa shape index (κ1) is 17.1. The predicted molar refractivity (Wildman–Crippen MR) is 96.3 cm³/mol. The van der Waals surface area contributed by atoms with E-state index in [0.717, 1.165) is 30.4 Å². The smallest absolute Gasteiger partial charge is 0.252 e. The highest BCUT2D eigenvalue weighted by atomic mass is 32.1. The largest absolute Gasteiger partial charge is 0.393 e. The minimum atomic E-state index is -0.222. The molecule has 1 saturated carbocycles. The van der Waals surface area contributed by atoms with Crippen molar-refractivity contribution in [2.24, 2.45) is 5.92 Å². The Kier molecular flexibility index (Phi) is 5.31. The highest BCUT2D eigenvalue weighted by Gasteiger charge is 2.35. The molecule has 4 nitrogen and oxygen atoms in total. The molecule has 24 heavy (non-hydrogen) atoms. The number of nitrogens with zero attached hydrogens (tertiary/aromatic N) is 1. The molecule has 1 fully saturated rings. The van der Waals surface area contributed by atoms with E-state index in [-0.39, 0.29) is 18.1 Å². The number of nitrogens with one attached hydrogen (secondary N) is 1. The molecule has 1 atom stereocenters. The molecule has 2 aromatic rings. The van der Waals surface area contributed by atoms with Crippen molar-refractivity contribution in [2.75, 3.05) is 0 Å². The second kappa shape index (κ2) is 7.45. The molecule has 0 radical (unpaired) electrons. The van der Waals surface area contributed by atoms with E-state index >= 15 is 0 Å². The molecule has 0 saturated heterocycles. The van der Waals surface area contributed by atoms with Gasteiger partial charge in [0.25, 0.3) is 5.91 Å². The van der Waals surface area contributed by atoms with Gasteiger partial charge in [-0.25, -0.2) is 0 Å². The third kappa shape index (κ3) is 4.02. The van der Waals surface area contributed by atoms with Crippen LogP contribution in [0.4, 0.5) is 0 Å². The SMILES string of the molecule is CC(C)c1cc(C(=O)N[C@@H](Cc2ccncc2)C2CC(O)C2)cs1. The molecule has 0 unspecified atom stereocenters. The summed E-state index contributed by atoms with van der Waals surface area (Å²) in [5, 5.41) is 14.8. The van der Waals surface area contributed by atoms with E-state index in [0.29, 0.717) is 11.8 Å². The van der Waals surface area contributed by atoms with Gasteiger partial charge in [0.05, 0.1) is 11.7 Å². The summed E-state index contributed by atoms with van der Waals surface area (Å²) in [6.07, 6.45) is 5.62. The predicted octanol–water partition coefficient (Wildman–Crippen LogP) is 3.38. The highest BCUT2D eigenvalue weighted by Crippen LogP contribution is 2.32. The lowest BCUT2D eigenvalue weighted by atomic mass is 9.75. The van der Waals surface area contributed by atoms with Gasteiger partial charge in [-0.2, -0.15) is 0 Å². The number of carbonyl (C=O) groups is 1. The van der Waals surface area contributed by atoms with Crippen LogP contribution in [0.3, 0.4) is 0 Å². The van der Waals surface area contributed by atoms with E-state index in [1.54, 1.807) is 23.7 Å². The summed E-state index contributed by atoms with van der Waals surface area (Å²) in [7, 11) is 0. The molecule has 0 bridgehead atoms. The molecule has 0 aromatic carbocycles. The number of rotatable bonds is 6. The Hall–Kier alpha value is -1.72. The van der Waals surface area contributed by atoms with Crippen molar-refractivity contribution in [1.29, 1.82) is 0 Å². The monoisotopic (exact) mass is 344 g/mol. The number of amides is 1. The van der Waals surface area contributed by atoms with Crippen LogP contribution in [0.5, 0.6) is 0 Å². The fraction of sp³-hybridized carbons (Fsp3) is 0.474. The van der Waals surface area contributed by atoms with E-state index < -0.39 is 0 Å². The van der Waals surface area contributed by atoms with Crippen molar-refractivity contribution in [1.82, 2.24) is 10.3 Å². The molecule has 3 rings (SSSR count). The van der Waals surface area contributed by atoms with Gasteiger partial charge in [-0.05, 0) is 54.9 Å². The zero-order valence-electron chi connectivity index (χ0n) is 14.1. The molecule has 128 valence electrons. The van der Waals surface area contributed by atoms with Crippen LogP contribution in [-0.4, -0.2) is 28.1 Å². The summed E-state index contributed by atoms with van der Waals surface area (Å²) >= 11 is 1.64. The van der Waals surface area contributed by atoms with Crippen LogP contribution in [0.1, 0.15) is 53.4 Å². The summed E-state index contributed by atoms with van der Waals surface area (Å²) < 4.78 is 0. The number of aromatic nitrogens is 1. The van der Waals surface area contributed by atoms with Crippen molar-refractivity contribution in [2.45, 2.75) is 51.2 Å². The maximum absolute atomic E-state index is 12.6. The Balaban J connectivity index is 1.69. The Morgan fingerprint density at radius 3 is 2.67 bits per heavy atom. The molecule has 2 heterocycles. The molecule has 0 spiro atoms. The quantitative estimate of drug-likeness (QED) is 0.844. The van der Waals surface area contributed by atoms with Crippen LogP contribution < -0.4 is 5.32 Å². The molecule has 1 aliphatic carbocycles. The molecular formula is C19H24N2O2S. The average Bonchev–Trinajstić information content (AvgIpc) is 3.02. The van der Waals surface area contributed by atoms with Gasteiger partial charge in [-0.1, -0.05) is 13.8 Å². The van der Waals surface area contributed by atoms with Crippen molar-refractivity contribution in [3.05, 3.63) is 52.0 Å². The second-order valence-corrected chi connectivity index (χ2v) is 7.86. The van der Waals surface area contributed by atoms with Crippen LogP contribution in [-0.2, 0) is 6.42 Å². The lowest BCUT2D eigenvalue weighted by Crippen LogP contribution is -2.48. The van der Waals surface area contributed by atoms with Gasteiger partial charge in [0.1, 0.15) is 0 Å². The number of hydrogen-bond acceptors (Lipinski definition) is 4. The maximum atomic E-state index is 12.6. The molecular weight excluding hydrogens is 320 g/mol. The van der Waals surface area contributed by atoms with E-state index in [2.05, 4.69) is 24.1 Å². The van der Waals surface area contributed by atoms with Crippen molar-refractivity contribution in [3.8, 4) is 0 Å². The zero-order valence-corrected chi connectivity index (χ0v) is 14.9. The fourth-order valence-corrected chi connectivity index (χ4v) is 4.00. The number of aliphatic hydroxyl groups is 1. The number of carbonyl (C=O) groups excluding carboxylic acids is 1. The average molecular weight is 344 g/mol. The summed E-state index contributed by atoms with van der Waals surface area (Å²) in [4.78, 5) is 17.9. The van der Waals surface area contributed by atoms with E-state index in [1.165, 1.54) is 4.88 Å². The molecule has 2 N–H and O–H groups in total. The van der Waals surface area contributed by atoms with Crippen LogP contribution in [0, 0.1) is 5.92 Å². The second-order valence-electron chi connectivity index (χ2n) is 6.92.